The molecule has 0 radical (unpaired) electrons. The van der Waals surface area contributed by atoms with E-state index in [0.29, 0.717) is 16.7 Å². The van der Waals surface area contributed by atoms with E-state index in [1.54, 1.807) is 11.0 Å². The van der Waals surface area contributed by atoms with Crippen LogP contribution in [0.3, 0.4) is 0 Å². The minimum absolute atomic E-state index is 0.0276. The molecule has 2 aromatic carbocycles. The maximum absolute atomic E-state index is 12.8. The molecular weight excluding hydrogens is 420 g/mol. The molecule has 8 heteroatoms. The normalized spacial score (nSPS) is 19.1. The van der Waals surface area contributed by atoms with E-state index in [1.165, 1.54) is 29.9 Å². The van der Waals surface area contributed by atoms with E-state index < -0.39 is 5.92 Å². The molecule has 1 atom stereocenters. The van der Waals surface area contributed by atoms with Crippen molar-refractivity contribution < 1.29 is 9.59 Å². The SMILES string of the molecule is O=C(Nc1nc2ccc(Cl)cc2s1)C1CC(=O)N(c2ccc(N3CCCC3)cc2)C1. The predicted molar refractivity (Wildman–Crippen MR) is 122 cm³/mol. The van der Waals surface area contributed by atoms with E-state index in [1.807, 2.05) is 24.3 Å². The van der Waals surface area contributed by atoms with Crippen LogP contribution in [-0.2, 0) is 9.59 Å². The summed E-state index contributed by atoms with van der Waals surface area (Å²) in [6.45, 7) is 2.55. The summed E-state index contributed by atoms with van der Waals surface area (Å²) in [6, 6.07) is 13.5. The van der Waals surface area contributed by atoms with E-state index >= 15 is 0 Å². The van der Waals surface area contributed by atoms with Crippen LogP contribution >= 0.6 is 22.9 Å². The first-order valence-corrected chi connectivity index (χ1v) is 11.3. The Hall–Kier alpha value is -2.64. The number of nitrogens with one attached hydrogen (secondary N) is 1. The van der Waals surface area contributed by atoms with Crippen LogP contribution in [-0.4, -0.2) is 36.4 Å². The van der Waals surface area contributed by atoms with Crippen LogP contribution in [0.5, 0.6) is 0 Å². The Kier molecular flexibility index (Phi) is 5.08. The molecule has 3 aromatic rings. The predicted octanol–water partition coefficient (Wildman–Crippen LogP) is 4.54. The van der Waals surface area contributed by atoms with Gasteiger partial charge in [0.2, 0.25) is 11.8 Å². The third-order valence-corrected chi connectivity index (χ3v) is 6.88. The molecular formula is C22H21ClN4O2S. The average molecular weight is 441 g/mol. The lowest BCUT2D eigenvalue weighted by Gasteiger charge is -2.20. The number of halogens is 1. The zero-order valence-corrected chi connectivity index (χ0v) is 17.9. The van der Waals surface area contributed by atoms with Gasteiger partial charge in [0.05, 0.1) is 16.1 Å². The van der Waals surface area contributed by atoms with Gasteiger partial charge in [0, 0.05) is 42.5 Å². The second-order valence-electron chi connectivity index (χ2n) is 7.74. The van der Waals surface area contributed by atoms with Crippen LogP contribution in [0.4, 0.5) is 16.5 Å². The third kappa shape index (κ3) is 3.75. The van der Waals surface area contributed by atoms with Gasteiger partial charge in [-0.25, -0.2) is 4.98 Å². The fourth-order valence-corrected chi connectivity index (χ4v) is 5.26. The summed E-state index contributed by atoms with van der Waals surface area (Å²) in [5.41, 5.74) is 2.82. The lowest BCUT2D eigenvalue weighted by molar-refractivity contribution is -0.122. The summed E-state index contributed by atoms with van der Waals surface area (Å²) in [6.07, 6.45) is 2.66. The fraction of sp³-hybridized carbons (Fsp3) is 0.318. The largest absolute Gasteiger partial charge is 0.372 e. The number of thiazole rings is 1. The third-order valence-electron chi connectivity index (χ3n) is 5.71. The molecule has 1 aromatic heterocycles. The van der Waals surface area contributed by atoms with Gasteiger partial charge in [-0.05, 0) is 55.3 Å². The lowest BCUT2D eigenvalue weighted by atomic mass is 10.1. The zero-order valence-electron chi connectivity index (χ0n) is 16.3. The molecule has 2 aliphatic heterocycles. The Morgan fingerprint density at radius 3 is 2.60 bits per heavy atom. The number of hydrogen-bond donors (Lipinski definition) is 1. The number of carbonyl (C=O) groups is 2. The number of amides is 2. The minimum atomic E-state index is -0.397. The molecule has 5 rings (SSSR count). The number of rotatable bonds is 4. The first kappa shape index (κ1) is 19.3. The van der Waals surface area contributed by atoms with Gasteiger partial charge in [-0.15, -0.1) is 0 Å². The van der Waals surface area contributed by atoms with Crippen molar-refractivity contribution in [1.82, 2.24) is 4.98 Å². The van der Waals surface area contributed by atoms with E-state index in [9.17, 15) is 9.59 Å². The molecule has 0 saturated carbocycles. The van der Waals surface area contributed by atoms with Gasteiger partial charge < -0.3 is 15.1 Å². The Morgan fingerprint density at radius 2 is 1.83 bits per heavy atom. The topological polar surface area (TPSA) is 65.5 Å². The van der Waals surface area contributed by atoms with Crippen molar-refractivity contribution in [2.24, 2.45) is 5.92 Å². The van der Waals surface area contributed by atoms with Crippen molar-refractivity contribution in [3.05, 3.63) is 47.5 Å². The van der Waals surface area contributed by atoms with E-state index in [2.05, 4.69) is 27.3 Å². The van der Waals surface area contributed by atoms with E-state index in [0.717, 1.165) is 29.0 Å². The molecule has 2 fully saturated rings. The standard InChI is InChI=1S/C22H21ClN4O2S/c23-15-3-8-18-19(12-15)30-22(24-18)25-21(29)14-11-20(28)27(13-14)17-6-4-16(5-7-17)26-9-1-2-10-26/h3-8,12,14H,1-2,9-11,13H2,(H,24,25,29). The number of hydrogen-bond acceptors (Lipinski definition) is 5. The van der Waals surface area contributed by atoms with Crippen LogP contribution in [0.1, 0.15) is 19.3 Å². The van der Waals surface area contributed by atoms with Gasteiger partial charge in [-0.2, -0.15) is 0 Å². The van der Waals surface area contributed by atoms with Crippen molar-refractivity contribution in [3.8, 4) is 0 Å². The second kappa shape index (κ2) is 7.89. The van der Waals surface area contributed by atoms with Crippen molar-refractivity contribution in [2.45, 2.75) is 19.3 Å². The maximum atomic E-state index is 12.8. The van der Waals surface area contributed by atoms with Crippen LogP contribution < -0.4 is 15.1 Å². The summed E-state index contributed by atoms with van der Waals surface area (Å²) < 4.78 is 0.917. The highest BCUT2D eigenvalue weighted by molar-refractivity contribution is 7.22. The van der Waals surface area contributed by atoms with Gasteiger partial charge in [0.25, 0.3) is 0 Å². The van der Waals surface area contributed by atoms with Crippen LogP contribution in [0, 0.1) is 5.92 Å². The molecule has 0 bridgehead atoms. The number of anilines is 3. The molecule has 1 N–H and O–H groups in total. The molecule has 30 heavy (non-hydrogen) atoms. The van der Waals surface area contributed by atoms with Crippen molar-refractivity contribution in [2.75, 3.05) is 34.8 Å². The Morgan fingerprint density at radius 1 is 1.10 bits per heavy atom. The summed E-state index contributed by atoms with van der Waals surface area (Å²) in [4.78, 5) is 33.8. The summed E-state index contributed by atoms with van der Waals surface area (Å²) >= 11 is 7.40. The number of benzene rings is 2. The highest BCUT2D eigenvalue weighted by Crippen LogP contribution is 2.31. The highest BCUT2D eigenvalue weighted by Gasteiger charge is 2.35. The van der Waals surface area contributed by atoms with E-state index in [-0.39, 0.29) is 18.2 Å². The minimum Gasteiger partial charge on any atom is -0.372 e. The van der Waals surface area contributed by atoms with Crippen LogP contribution in [0.2, 0.25) is 5.02 Å². The molecule has 1 unspecified atom stereocenters. The Bertz CT molecular complexity index is 1110. The molecule has 2 aliphatic rings. The molecule has 2 saturated heterocycles. The monoisotopic (exact) mass is 440 g/mol. The Balaban J connectivity index is 1.26. The number of carbonyl (C=O) groups excluding carboxylic acids is 2. The first-order chi connectivity index (χ1) is 14.6. The molecule has 2 amide bonds. The number of fused-ring (bicyclic) bond motifs is 1. The Labute approximate surface area is 183 Å². The number of aromatic nitrogens is 1. The lowest BCUT2D eigenvalue weighted by Crippen LogP contribution is -2.28. The van der Waals surface area contributed by atoms with Gasteiger partial charge in [0.1, 0.15) is 0 Å². The van der Waals surface area contributed by atoms with Crippen LogP contribution in [0.25, 0.3) is 10.2 Å². The molecule has 6 nitrogen and oxygen atoms in total. The maximum Gasteiger partial charge on any atom is 0.231 e. The van der Waals surface area contributed by atoms with Crippen LogP contribution in [0.15, 0.2) is 42.5 Å². The van der Waals surface area contributed by atoms with Gasteiger partial charge in [-0.3, -0.25) is 9.59 Å². The summed E-state index contributed by atoms with van der Waals surface area (Å²) in [5, 5.41) is 4.03. The van der Waals surface area contributed by atoms with E-state index in [4.69, 9.17) is 11.6 Å². The fourth-order valence-electron chi connectivity index (χ4n) is 4.11. The zero-order chi connectivity index (χ0) is 20.7. The average Bonchev–Trinajstić information content (AvgIpc) is 3.47. The number of nitrogens with zero attached hydrogens (tertiary/aromatic N) is 3. The first-order valence-electron chi connectivity index (χ1n) is 10.1. The summed E-state index contributed by atoms with van der Waals surface area (Å²) in [5.74, 6) is -0.601. The van der Waals surface area contributed by atoms with Crippen molar-refractivity contribution in [1.29, 1.82) is 0 Å². The smallest absolute Gasteiger partial charge is 0.231 e. The molecule has 154 valence electrons. The van der Waals surface area contributed by atoms with Gasteiger partial charge >= 0.3 is 0 Å². The van der Waals surface area contributed by atoms with Crippen molar-refractivity contribution >= 4 is 61.5 Å². The van der Waals surface area contributed by atoms with Crippen molar-refractivity contribution in [3.63, 3.8) is 0 Å². The van der Waals surface area contributed by atoms with Gasteiger partial charge in [-0.1, -0.05) is 22.9 Å². The second-order valence-corrected chi connectivity index (χ2v) is 9.20. The van der Waals surface area contributed by atoms with Gasteiger partial charge in [0.15, 0.2) is 5.13 Å². The molecule has 0 aliphatic carbocycles. The molecule has 3 heterocycles. The highest BCUT2D eigenvalue weighted by atomic mass is 35.5. The quantitative estimate of drug-likeness (QED) is 0.646. The molecule has 0 spiro atoms. The summed E-state index contributed by atoms with van der Waals surface area (Å²) in [7, 11) is 0.